The summed E-state index contributed by atoms with van der Waals surface area (Å²) in [5.41, 5.74) is 6.28. The molecule has 0 aliphatic rings. The number of benzene rings is 1. The third-order valence-corrected chi connectivity index (χ3v) is 3.16. The van der Waals surface area contributed by atoms with Crippen molar-refractivity contribution < 1.29 is 13.5 Å². The van der Waals surface area contributed by atoms with Crippen molar-refractivity contribution in [3.8, 4) is 5.75 Å². The standard InChI is InChI=1S/C14H21ClF2N2O.ClH/c1-14(2,8-18)9-19(3)7-10-6-11(15)4-5-12(10)20-13(16)17;/h4-6,13H,7-9,18H2,1-3H3;1H. The third kappa shape index (κ3) is 7.27. The van der Waals surface area contributed by atoms with Crippen LogP contribution in [0.5, 0.6) is 5.75 Å². The summed E-state index contributed by atoms with van der Waals surface area (Å²) in [4.78, 5) is 2.01. The van der Waals surface area contributed by atoms with E-state index in [0.29, 0.717) is 23.7 Å². The number of nitrogens with two attached hydrogens (primary N) is 1. The van der Waals surface area contributed by atoms with Gasteiger partial charge in [0.05, 0.1) is 0 Å². The Labute approximate surface area is 135 Å². The molecular formula is C14H22Cl2F2N2O. The number of hydrogen-bond acceptors (Lipinski definition) is 3. The second kappa shape index (κ2) is 8.73. The SMILES string of the molecule is CN(Cc1cc(Cl)ccc1OC(F)F)CC(C)(C)CN.Cl. The number of ether oxygens (including phenoxy) is 1. The monoisotopic (exact) mass is 342 g/mol. The zero-order valence-corrected chi connectivity index (χ0v) is 14.0. The van der Waals surface area contributed by atoms with Gasteiger partial charge in [0.2, 0.25) is 0 Å². The van der Waals surface area contributed by atoms with E-state index in [1.165, 1.54) is 12.1 Å². The van der Waals surface area contributed by atoms with E-state index in [1.807, 2.05) is 11.9 Å². The van der Waals surface area contributed by atoms with Crippen molar-refractivity contribution in [2.24, 2.45) is 11.1 Å². The molecule has 0 atom stereocenters. The molecule has 0 aliphatic carbocycles. The summed E-state index contributed by atoms with van der Waals surface area (Å²) >= 11 is 5.92. The van der Waals surface area contributed by atoms with Crippen LogP contribution in [0.1, 0.15) is 19.4 Å². The lowest BCUT2D eigenvalue weighted by Gasteiger charge is -2.29. The Morgan fingerprint density at radius 1 is 1.38 bits per heavy atom. The Morgan fingerprint density at radius 3 is 2.52 bits per heavy atom. The average molecular weight is 343 g/mol. The van der Waals surface area contributed by atoms with Crippen LogP contribution in [0.25, 0.3) is 0 Å². The lowest BCUT2D eigenvalue weighted by atomic mass is 9.93. The molecule has 1 aromatic rings. The van der Waals surface area contributed by atoms with Gasteiger partial charge in [-0.1, -0.05) is 25.4 Å². The van der Waals surface area contributed by atoms with E-state index in [9.17, 15) is 8.78 Å². The van der Waals surface area contributed by atoms with Gasteiger partial charge in [0.1, 0.15) is 5.75 Å². The highest BCUT2D eigenvalue weighted by molar-refractivity contribution is 6.30. The number of hydrogen-bond donors (Lipinski definition) is 1. The lowest BCUT2D eigenvalue weighted by molar-refractivity contribution is -0.0507. The van der Waals surface area contributed by atoms with E-state index in [0.717, 1.165) is 6.54 Å². The normalized spacial score (nSPS) is 11.7. The molecule has 0 aliphatic heterocycles. The summed E-state index contributed by atoms with van der Waals surface area (Å²) in [6.45, 7) is 3.01. The number of alkyl halides is 2. The number of nitrogens with zero attached hydrogens (tertiary/aromatic N) is 1. The topological polar surface area (TPSA) is 38.5 Å². The molecule has 0 heterocycles. The predicted molar refractivity (Wildman–Crippen MR) is 84.5 cm³/mol. The summed E-state index contributed by atoms with van der Waals surface area (Å²) in [6.07, 6.45) is 0. The molecule has 21 heavy (non-hydrogen) atoms. The Hall–Kier alpha value is -0.620. The van der Waals surface area contributed by atoms with Gasteiger partial charge in [-0.25, -0.2) is 0 Å². The van der Waals surface area contributed by atoms with Crippen LogP contribution in [-0.2, 0) is 6.54 Å². The molecule has 2 N–H and O–H groups in total. The molecule has 0 aromatic heterocycles. The van der Waals surface area contributed by atoms with Gasteiger partial charge in [0.25, 0.3) is 0 Å². The highest BCUT2D eigenvalue weighted by Crippen LogP contribution is 2.26. The van der Waals surface area contributed by atoms with Crippen molar-refractivity contribution in [2.75, 3.05) is 20.1 Å². The fourth-order valence-electron chi connectivity index (χ4n) is 2.02. The van der Waals surface area contributed by atoms with Gasteiger partial charge in [0, 0.05) is 23.7 Å². The molecule has 1 rings (SSSR count). The first-order valence-corrected chi connectivity index (χ1v) is 6.73. The summed E-state index contributed by atoms with van der Waals surface area (Å²) in [7, 11) is 1.91. The molecule has 0 saturated carbocycles. The fourth-order valence-corrected chi connectivity index (χ4v) is 2.22. The largest absolute Gasteiger partial charge is 0.434 e. The van der Waals surface area contributed by atoms with E-state index < -0.39 is 6.61 Å². The minimum Gasteiger partial charge on any atom is -0.434 e. The summed E-state index contributed by atoms with van der Waals surface area (Å²) in [5, 5.41) is 0.494. The first kappa shape index (κ1) is 20.4. The first-order chi connectivity index (χ1) is 9.23. The Kier molecular flexibility index (Phi) is 8.48. The van der Waals surface area contributed by atoms with Crippen molar-refractivity contribution in [3.63, 3.8) is 0 Å². The van der Waals surface area contributed by atoms with E-state index >= 15 is 0 Å². The fraction of sp³-hybridized carbons (Fsp3) is 0.571. The van der Waals surface area contributed by atoms with Crippen LogP contribution in [0, 0.1) is 5.41 Å². The second-order valence-corrected chi connectivity index (χ2v) is 6.11. The van der Waals surface area contributed by atoms with E-state index in [-0.39, 0.29) is 23.6 Å². The molecule has 0 radical (unpaired) electrons. The van der Waals surface area contributed by atoms with Crippen molar-refractivity contribution in [3.05, 3.63) is 28.8 Å². The Balaban J connectivity index is 0.00000400. The van der Waals surface area contributed by atoms with Crippen molar-refractivity contribution >= 4 is 24.0 Å². The van der Waals surface area contributed by atoms with Gasteiger partial charge in [-0.15, -0.1) is 12.4 Å². The quantitative estimate of drug-likeness (QED) is 0.819. The van der Waals surface area contributed by atoms with Gasteiger partial charge in [-0.05, 0) is 37.2 Å². The molecule has 122 valence electrons. The third-order valence-electron chi connectivity index (χ3n) is 2.93. The molecule has 7 heteroatoms. The Morgan fingerprint density at radius 2 is 2.00 bits per heavy atom. The zero-order valence-electron chi connectivity index (χ0n) is 12.4. The highest BCUT2D eigenvalue weighted by atomic mass is 35.5. The molecule has 0 fully saturated rings. The minimum absolute atomic E-state index is 0. The zero-order chi connectivity index (χ0) is 15.3. The van der Waals surface area contributed by atoms with Gasteiger partial charge < -0.3 is 15.4 Å². The Bertz CT molecular complexity index is 445. The van der Waals surface area contributed by atoms with Crippen LogP contribution in [0.2, 0.25) is 5.02 Å². The van der Waals surface area contributed by atoms with Crippen LogP contribution in [0.3, 0.4) is 0 Å². The lowest BCUT2D eigenvalue weighted by Crippen LogP contribution is -2.36. The maximum Gasteiger partial charge on any atom is 0.387 e. The van der Waals surface area contributed by atoms with Gasteiger partial charge in [-0.2, -0.15) is 8.78 Å². The van der Waals surface area contributed by atoms with E-state index in [4.69, 9.17) is 17.3 Å². The summed E-state index contributed by atoms with van der Waals surface area (Å²) in [5.74, 6) is 0.154. The summed E-state index contributed by atoms with van der Waals surface area (Å²) < 4.78 is 29.3. The number of halogens is 4. The van der Waals surface area contributed by atoms with E-state index in [2.05, 4.69) is 18.6 Å². The van der Waals surface area contributed by atoms with Gasteiger partial charge in [0.15, 0.2) is 0 Å². The average Bonchev–Trinajstić information content (AvgIpc) is 2.31. The van der Waals surface area contributed by atoms with E-state index in [1.54, 1.807) is 6.07 Å². The van der Waals surface area contributed by atoms with Crippen LogP contribution in [0.4, 0.5) is 8.78 Å². The molecule has 3 nitrogen and oxygen atoms in total. The maximum atomic E-state index is 12.4. The molecular weight excluding hydrogens is 321 g/mol. The van der Waals surface area contributed by atoms with Crippen LogP contribution in [-0.4, -0.2) is 31.6 Å². The second-order valence-electron chi connectivity index (χ2n) is 5.67. The molecule has 0 amide bonds. The minimum atomic E-state index is -2.85. The molecule has 0 unspecified atom stereocenters. The van der Waals surface area contributed by atoms with Crippen LogP contribution >= 0.6 is 24.0 Å². The van der Waals surface area contributed by atoms with Crippen molar-refractivity contribution in [1.29, 1.82) is 0 Å². The van der Waals surface area contributed by atoms with Crippen molar-refractivity contribution in [1.82, 2.24) is 4.90 Å². The van der Waals surface area contributed by atoms with Crippen LogP contribution in [0.15, 0.2) is 18.2 Å². The smallest absolute Gasteiger partial charge is 0.387 e. The van der Waals surface area contributed by atoms with Gasteiger partial charge >= 0.3 is 6.61 Å². The summed E-state index contributed by atoms with van der Waals surface area (Å²) in [6, 6.07) is 4.64. The predicted octanol–water partition coefficient (Wildman–Crippen LogP) is 3.78. The molecule has 0 bridgehead atoms. The molecule has 0 spiro atoms. The van der Waals surface area contributed by atoms with Gasteiger partial charge in [-0.3, -0.25) is 0 Å². The van der Waals surface area contributed by atoms with Crippen molar-refractivity contribution in [2.45, 2.75) is 27.0 Å². The number of rotatable bonds is 7. The maximum absolute atomic E-state index is 12.4. The first-order valence-electron chi connectivity index (χ1n) is 6.35. The van der Waals surface area contributed by atoms with Crippen LogP contribution < -0.4 is 10.5 Å². The molecule has 1 aromatic carbocycles. The molecule has 0 saturated heterocycles. The highest BCUT2D eigenvalue weighted by Gasteiger charge is 2.19.